The van der Waals surface area contributed by atoms with E-state index in [0.717, 1.165) is 5.56 Å². The zero-order chi connectivity index (χ0) is 10.7. The smallest absolute Gasteiger partial charge is 0.126 e. The van der Waals surface area contributed by atoms with Gasteiger partial charge in [0.15, 0.2) is 0 Å². The summed E-state index contributed by atoms with van der Waals surface area (Å²) in [5.74, 6) is -0.124. The molecule has 0 amide bonds. The topological polar surface area (TPSA) is 0 Å². The van der Waals surface area contributed by atoms with Crippen LogP contribution in [0.25, 0.3) is 0 Å². The fourth-order valence-electron chi connectivity index (χ4n) is 1.66. The fourth-order valence-corrected chi connectivity index (χ4v) is 1.66. The van der Waals surface area contributed by atoms with Crippen molar-refractivity contribution in [2.24, 2.45) is 0 Å². The van der Waals surface area contributed by atoms with Crippen molar-refractivity contribution in [3.63, 3.8) is 0 Å². The van der Waals surface area contributed by atoms with Crippen molar-refractivity contribution in [3.05, 3.63) is 71.0 Å². The average molecular weight is 200 g/mol. The van der Waals surface area contributed by atoms with E-state index in [9.17, 15) is 4.39 Å². The molecule has 0 saturated carbocycles. The van der Waals surface area contributed by atoms with Crippen LogP contribution >= 0.6 is 0 Å². The third-order valence-corrected chi connectivity index (χ3v) is 2.60. The maximum Gasteiger partial charge on any atom is 0.126 e. The lowest BCUT2D eigenvalue weighted by molar-refractivity contribution is 0.614. The van der Waals surface area contributed by atoms with E-state index < -0.39 is 0 Å². The monoisotopic (exact) mass is 200 g/mol. The van der Waals surface area contributed by atoms with E-state index in [2.05, 4.69) is 13.0 Å². The van der Waals surface area contributed by atoms with E-state index in [1.807, 2.05) is 30.3 Å². The van der Waals surface area contributed by atoms with Crippen LogP contribution in [0, 0.1) is 12.7 Å². The molecule has 0 spiro atoms. The zero-order valence-corrected chi connectivity index (χ0v) is 8.70. The highest BCUT2D eigenvalue weighted by atomic mass is 19.1. The lowest BCUT2D eigenvalue weighted by Crippen LogP contribution is -1.94. The Balaban J connectivity index is 2.30. The molecule has 2 aromatic carbocycles. The first-order chi connectivity index (χ1) is 7.27. The Morgan fingerprint density at radius 1 is 0.867 bits per heavy atom. The number of hydrogen-bond donors (Lipinski definition) is 0. The molecule has 2 rings (SSSR count). The second kappa shape index (κ2) is 4.26. The van der Waals surface area contributed by atoms with Gasteiger partial charge in [0.1, 0.15) is 5.82 Å². The van der Waals surface area contributed by atoms with Gasteiger partial charge in [0.05, 0.1) is 0 Å². The van der Waals surface area contributed by atoms with E-state index in [1.165, 1.54) is 17.2 Å². The van der Waals surface area contributed by atoms with Crippen LogP contribution in [0.4, 0.5) is 4.39 Å². The number of halogens is 1. The SMILES string of the molecule is Cc1ccccc1Cc1ccccc1F. The van der Waals surface area contributed by atoms with Gasteiger partial charge in [-0.25, -0.2) is 4.39 Å². The molecule has 0 unspecified atom stereocenters. The van der Waals surface area contributed by atoms with E-state index in [4.69, 9.17) is 0 Å². The quantitative estimate of drug-likeness (QED) is 0.693. The summed E-state index contributed by atoms with van der Waals surface area (Å²) in [6.45, 7) is 2.05. The Kier molecular flexibility index (Phi) is 2.82. The normalized spacial score (nSPS) is 10.3. The lowest BCUT2D eigenvalue weighted by Gasteiger charge is -2.06. The van der Waals surface area contributed by atoms with E-state index in [1.54, 1.807) is 6.07 Å². The first kappa shape index (κ1) is 9.91. The number of hydrogen-bond acceptors (Lipinski definition) is 0. The van der Waals surface area contributed by atoms with Crippen LogP contribution in [-0.4, -0.2) is 0 Å². The molecule has 76 valence electrons. The molecule has 15 heavy (non-hydrogen) atoms. The van der Waals surface area contributed by atoms with Crippen molar-refractivity contribution >= 4 is 0 Å². The van der Waals surface area contributed by atoms with Crippen molar-refractivity contribution in [2.75, 3.05) is 0 Å². The summed E-state index contributed by atoms with van der Waals surface area (Å²) in [7, 11) is 0. The molecule has 2 aromatic rings. The summed E-state index contributed by atoms with van der Waals surface area (Å²) in [6, 6.07) is 15.0. The molecule has 0 fully saturated rings. The number of rotatable bonds is 2. The van der Waals surface area contributed by atoms with Gasteiger partial charge in [-0.2, -0.15) is 0 Å². The molecule has 0 nitrogen and oxygen atoms in total. The summed E-state index contributed by atoms with van der Waals surface area (Å²) in [5, 5.41) is 0. The minimum Gasteiger partial charge on any atom is -0.207 e. The van der Waals surface area contributed by atoms with Gasteiger partial charge in [-0.05, 0) is 29.7 Å². The summed E-state index contributed by atoms with van der Waals surface area (Å²) in [5.41, 5.74) is 3.15. The average Bonchev–Trinajstić information content (AvgIpc) is 2.24. The molecule has 0 aliphatic heterocycles. The van der Waals surface area contributed by atoms with Crippen molar-refractivity contribution < 1.29 is 4.39 Å². The van der Waals surface area contributed by atoms with Gasteiger partial charge >= 0.3 is 0 Å². The Bertz CT molecular complexity index is 417. The largest absolute Gasteiger partial charge is 0.207 e. The van der Waals surface area contributed by atoms with E-state index >= 15 is 0 Å². The minimum atomic E-state index is -0.124. The molecule has 0 radical (unpaired) electrons. The second-order valence-electron chi connectivity index (χ2n) is 3.69. The van der Waals surface area contributed by atoms with Gasteiger partial charge in [0.25, 0.3) is 0 Å². The lowest BCUT2D eigenvalue weighted by atomic mass is 10.0. The first-order valence-electron chi connectivity index (χ1n) is 5.05. The predicted octanol–water partition coefficient (Wildman–Crippen LogP) is 3.72. The van der Waals surface area contributed by atoms with Crippen molar-refractivity contribution in [3.8, 4) is 0 Å². The van der Waals surface area contributed by atoms with Crippen LogP contribution in [0.3, 0.4) is 0 Å². The molecule has 0 atom stereocenters. The van der Waals surface area contributed by atoms with Gasteiger partial charge in [-0.15, -0.1) is 0 Å². The van der Waals surface area contributed by atoms with Crippen LogP contribution < -0.4 is 0 Å². The zero-order valence-electron chi connectivity index (χ0n) is 8.70. The van der Waals surface area contributed by atoms with Gasteiger partial charge in [0, 0.05) is 6.42 Å². The minimum absolute atomic E-state index is 0.124. The molecular weight excluding hydrogens is 187 g/mol. The van der Waals surface area contributed by atoms with Gasteiger partial charge in [-0.1, -0.05) is 42.5 Å². The highest BCUT2D eigenvalue weighted by Gasteiger charge is 2.03. The second-order valence-corrected chi connectivity index (χ2v) is 3.69. The summed E-state index contributed by atoms with van der Waals surface area (Å²) >= 11 is 0. The molecule has 0 N–H and O–H groups in total. The van der Waals surface area contributed by atoms with Gasteiger partial charge < -0.3 is 0 Å². The van der Waals surface area contributed by atoms with Crippen LogP contribution in [0.5, 0.6) is 0 Å². The molecule has 0 aromatic heterocycles. The highest BCUT2D eigenvalue weighted by molar-refractivity contribution is 5.32. The van der Waals surface area contributed by atoms with Crippen molar-refractivity contribution in [1.82, 2.24) is 0 Å². The summed E-state index contributed by atoms with van der Waals surface area (Å²) in [6.07, 6.45) is 0.666. The molecule has 0 aliphatic rings. The predicted molar refractivity (Wildman–Crippen MR) is 60.4 cm³/mol. The van der Waals surface area contributed by atoms with Crippen LogP contribution in [0.1, 0.15) is 16.7 Å². The number of benzene rings is 2. The fraction of sp³-hybridized carbons (Fsp3) is 0.143. The molecule has 0 heterocycles. The summed E-state index contributed by atoms with van der Waals surface area (Å²) in [4.78, 5) is 0. The standard InChI is InChI=1S/C14H13F/c1-11-6-2-3-7-12(11)10-13-8-4-5-9-14(13)15/h2-9H,10H2,1H3. The third-order valence-electron chi connectivity index (χ3n) is 2.60. The third kappa shape index (κ3) is 2.24. The molecule has 0 saturated heterocycles. The highest BCUT2D eigenvalue weighted by Crippen LogP contribution is 2.15. The van der Waals surface area contributed by atoms with Crippen LogP contribution in [0.15, 0.2) is 48.5 Å². The van der Waals surface area contributed by atoms with Gasteiger partial charge in [0.2, 0.25) is 0 Å². The van der Waals surface area contributed by atoms with Crippen molar-refractivity contribution in [1.29, 1.82) is 0 Å². The maximum atomic E-state index is 13.4. The van der Waals surface area contributed by atoms with Crippen molar-refractivity contribution in [2.45, 2.75) is 13.3 Å². The molecular formula is C14H13F. The molecule has 1 heteroatoms. The van der Waals surface area contributed by atoms with Crippen LogP contribution in [-0.2, 0) is 6.42 Å². The Labute approximate surface area is 89.4 Å². The number of aryl methyl sites for hydroxylation is 1. The maximum absolute atomic E-state index is 13.4. The summed E-state index contributed by atoms with van der Waals surface area (Å²) < 4.78 is 13.4. The van der Waals surface area contributed by atoms with Gasteiger partial charge in [-0.3, -0.25) is 0 Å². The van der Waals surface area contributed by atoms with Crippen LogP contribution in [0.2, 0.25) is 0 Å². The molecule has 0 aliphatic carbocycles. The Morgan fingerprint density at radius 3 is 2.13 bits per heavy atom. The van der Waals surface area contributed by atoms with E-state index in [-0.39, 0.29) is 5.82 Å². The Hall–Kier alpha value is -1.63. The Morgan fingerprint density at radius 2 is 1.47 bits per heavy atom. The molecule has 0 bridgehead atoms. The van der Waals surface area contributed by atoms with E-state index in [0.29, 0.717) is 6.42 Å². The first-order valence-corrected chi connectivity index (χ1v) is 5.05.